The molecule has 0 amide bonds. The van der Waals surface area contributed by atoms with Gasteiger partial charge >= 0.3 is 0 Å². The minimum absolute atomic E-state index is 0.0613. The minimum Gasteiger partial charge on any atom is -0.493 e. The van der Waals surface area contributed by atoms with Crippen molar-refractivity contribution >= 4 is 6.29 Å². The molecular formula is C12H16O4. The number of aliphatic hydroxyl groups excluding tert-OH is 1. The van der Waals surface area contributed by atoms with E-state index < -0.39 is 0 Å². The number of ether oxygens (including phenoxy) is 2. The van der Waals surface area contributed by atoms with Gasteiger partial charge in [-0.3, -0.25) is 0 Å². The fourth-order valence-electron chi connectivity index (χ4n) is 1.54. The monoisotopic (exact) mass is 224 g/mol. The standard InChI is InChI=1S/C12H16O4/c1-15-11-4-3-9(7-12(11)16-2)10(8-14)5-6-13/h3-4,6-7,10,14H,5,8H2,1-2H3. The van der Waals surface area contributed by atoms with Gasteiger partial charge < -0.3 is 19.4 Å². The highest BCUT2D eigenvalue weighted by Crippen LogP contribution is 2.31. The van der Waals surface area contributed by atoms with Gasteiger partial charge in [0.2, 0.25) is 0 Å². The van der Waals surface area contributed by atoms with Crippen LogP contribution < -0.4 is 9.47 Å². The van der Waals surface area contributed by atoms with Crippen LogP contribution in [0.2, 0.25) is 0 Å². The molecule has 1 aromatic carbocycles. The summed E-state index contributed by atoms with van der Waals surface area (Å²) in [6.07, 6.45) is 1.10. The Morgan fingerprint density at radius 3 is 2.50 bits per heavy atom. The number of methoxy groups -OCH3 is 2. The second-order valence-electron chi connectivity index (χ2n) is 3.40. The van der Waals surface area contributed by atoms with E-state index in [2.05, 4.69) is 0 Å². The maximum atomic E-state index is 10.5. The Balaban J connectivity index is 3.00. The molecule has 0 saturated carbocycles. The average molecular weight is 224 g/mol. The molecule has 88 valence electrons. The molecule has 1 aromatic rings. The van der Waals surface area contributed by atoms with Crippen LogP contribution in [0.5, 0.6) is 11.5 Å². The SMILES string of the molecule is COc1ccc(C(CO)CC=O)cc1OC. The fraction of sp³-hybridized carbons (Fsp3) is 0.417. The lowest BCUT2D eigenvalue weighted by Crippen LogP contribution is -2.05. The molecule has 1 unspecified atom stereocenters. The van der Waals surface area contributed by atoms with E-state index in [9.17, 15) is 4.79 Å². The van der Waals surface area contributed by atoms with Crippen LogP contribution in [0, 0.1) is 0 Å². The summed E-state index contributed by atoms with van der Waals surface area (Å²) in [5.74, 6) is 1.05. The third-order valence-electron chi connectivity index (χ3n) is 2.48. The minimum atomic E-state index is -0.183. The van der Waals surface area contributed by atoms with Gasteiger partial charge in [-0.1, -0.05) is 6.07 Å². The molecule has 16 heavy (non-hydrogen) atoms. The average Bonchev–Trinajstić information content (AvgIpc) is 2.35. The Kier molecular flexibility index (Phi) is 4.79. The van der Waals surface area contributed by atoms with Crippen molar-refractivity contribution in [1.82, 2.24) is 0 Å². The van der Waals surface area contributed by atoms with Gasteiger partial charge in [-0.05, 0) is 17.7 Å². The summed E-state index contributed by atoms with van der Waals surface area (Å²) in [6.45, 7) is -0.0613. The van der Waals surface area contributed by atoms with E-state index in [-0.39, 0.29) is 12.5 Å². The predicted molar refractivity (Wildman–Crippen MR) is 60.1 cm³/mol. The number of aldehydes is 1. The molecule has 0 aliphatic heterocycles. The summed E-state index contributed by atoms with van der Waals surface area (Å²) in [5, 5.41) is 9.17. The predicted octanol–water partition coefficient (Wildman–Crippen LogP) is 1.37. The molecule has 0 bridgehead atoms. The van der Waals surface area contributed by atoms with Crippen molar-refractivity contribution < 1.29 is 19.4 Å². The van der Waals surface area contributed by atoms with E-state index in [1.807, 2.05) is 6.07 Å². The van der Waals surface area contributed by atoms with Crippen molar-refractivity contribution in [3.8, 4) is 11.5 Å². The van der Waals surface area contributed by atoms with Gasteiger partial charge in [0.25, 0.3) is 0 Å². The normalized spacial score (nSPS) is 11.9. The summed E-state index contributed by atoms with van der Waals surface area (Å²) in [4.78, 5) is 10.5. The van der Waals surface area contributed by atoms with E-state index >= 15 is 0 Å². The third kappa shape index (κ3) is 2.73. The van der Waals surface area contributed by atoms with Gasteiger partial charge in [-0.15, -0.1) is 0 Å². The van der Waals surface area contributed by atoms with Crippen LogP contribution in [0.4, 0.5) is 0 Å². The lowest BCUT2D eigenvalue weighted by Gasteiger charge is -2.14. The van der Waals surface area contributed by atoms with Crippen LogP contribution >= 0.6 is 0 Å². The molecule has 4 nitrogen and oxygen atoms in total. The molecule has 0 heterocycles. The molecule has 4 heteroatoms. The molecular weight excluding hydrogens is 208 g/mol. The molecule has 1 atom stereocenters. The zero-order valence-electron chi connectivity index (χ0n) is 9.47. The quantitative estimate of drug-likeness (QED) is 0.741. The summed E-state index contributed by atoms with van der Waals surface area (Å²) in [5.41, 5.74) is 0.868. The van der Waals surface area contributed by atoms with Crippen LogP contribution in [0.25, 0.3) is 0 Å². The van der Waals surface area contributed by atoms with Crippen molar-refractivity contribution in [3.63, 3.8) is 0 Å². The Morgan fingerprint density at radius 1 is 1.31 bits per heavy atom. The number of carbonyl (C=O) groups is 1. The van der Waals surface area contributed by atoms with E-state index in [4.69, 9.17) is 14.6 Å². The second kappa shape index (κ2) is 6.12. The van der Waals surface area contributed by atoms with Crippen molar-refractivity contribution in [2.75, 3.05) is 20.8 Å². The van der Waals surface area contributed by atoms with E-state index in [0.29, 0.717) is 17.9 Å². The number of benzene rings is 1. The maximum Gasteiger partial charge on any atom is 0.160 e. The maximum absolute atomic E-state index is 10.5. The van der Waals surface area contributed by atoms with Crippen LogP contribution in [0.3, 0.4) is 0 Å². The van der Waals surface area contributed by atoms with Crippen molar-refractivity contribution in [1.29, 1.82) is 0 Å². The molecule has 0 fully saturated rings. The van der Waals surface area contributed by atoms with Crippen LogP contribution in [0.1, 0.15) is 17.9 Å². The van der Waals surface area contributed by atoms with Gasteiger partial charge in [-0.25, -0.2) is 0 Å². The van der Waals surface area contributed by atoms with Crippen molar-refractivity contribution in [3.05, 3.63) is 23.8 Å². The van der Waals surface area contributed by atoms with Crippen LogP contribution in [-0.4, -0.2) is 32.2 Å². The highest BCUT2D eigenvalue weighted by atomic mass is 16.5. The van der Waals surface area contributed by atoms with Crippen molar-refractivity contribution in [2.24, 2.45) is 0 Å². The van der Waals surface area contributed by atoms with Crippen LogP contribution in [0.15, 0.2) is 18.2 Å². The summed E-state index contributed by atoms with van der Waals surface area (Å²) < 4.78 is 10.3. The molecule has 0 spiro atoms. The molecule has 1 N–H and O–H groups in total. The van der Waals surface area contributed by atoms with Gasteiger partial charge in [0, 0.05) is 12.3 Å². The van der Waals surface area contributed by atoms with E-state index in [1.54, 1.807) is 26.4 Å². The number of hydrogen-bond donors (Lipinski definition) is 1. The molecule has 0 aliphatic rings. The van der Waals surface area contributed by atoms with Gasteiger partial charge in [0.05, 0.1) is 20.8 Å². The molecule has 0 radical (unpaired) electrons. The zero-order chi connectivity index (χ0) is 12.0. The Morgan fingerprint density at radius 2 is 2.00 bits per heavy atom. The van der Waals surface area contributed by atoms with E-state index in [1.165, 1.54) is 0 Å². The summed E-state index contributed by atoms with van der Waals surface area (Å²) in [6, 6.07) is 5.37. The highest BCUT2D eigenvalue weighted by Gasteiger charge is 2.13. The lowest BCUT2D eigenvalue weighted by atomic mass is 9.97. The number of rotatable bonds is 6. The topological polar surface area (TPSA) is 55.8 Å². The lowest BCUT2D eigenvalue weighted by molar-refractivity contribution is -0.108. The fourth-order valence-corrected chi connectivity index (χ4v) is 1.54. The number of hydrogen-bond acceptors (Lipinski definition) is 4. The largest absolute Gasteiger partial charge is 0.493 e. The molecule has 1 rings (SSSR count). The van der Waals surface area contributed by atoms with Gasteiger partial charge in [0.15, 0.2) is 11.5 Å². The first-order valence-corrected chi connectivity index (χ1v) is 5.03. The number of carbonyl (C=O) groups excluding carboxylic acids is 1. The smallest absolute Gasteiger partial charge is 0.160 e. The Labute approximate surface area is 94.8 Å². The van der Waals surface area contributed by atoms with Gasteiger partial charge in [0.1, 0.15) is 6.29 Å². The van der Waals surface area contributed by atoms with E-state index in [0.717, 1.165) is 11.8 Å². The van der Waals surface area contributed by atoms with Crippen molar-refractivity contribution in [2.45, 2.75) is 12.3 Å². The first-order valence-electron chi connectivity index (χ1n) is 5.03. The number of aliphatic hydroxyl groups is 1. The zero-order valence-corrected chi connectivity index (χ0v) is 9.47. The summed E-state index contributed by atoms with van der Waals surface area (Å²) >= 11 is 0. The molecule has 0 aliphatic carbocycles. The highest BCUT2D eigenvalue weighted by molar-refractivity contribution is 5.53. The first-order chi connectivity index (χ1) is 7.76. The second-order valence-corrected chi connectivity index (χ2v) is 3.40. The van der Waals surface area contributed by atoms with Crippen LogP contribution in [-0.2, 0) is 4.79 Å². The molecule has 0 aromatic heterocycles. The molecule has 0 saturated heterocycles. The Bertz CT molecular complexity index is 349. The summed E-state index contributed by atoms with van der Waals surface area (Å²) in [7, 11) is 3.11. The first kappa shape index (κ1) is 12.5. The third-order valence-corrected chi connectivity index (χ3v) is 2.48. The Hall–Kier alpha value is -1.55. The van der Waals surface area contributed by atoms with Gasteiger partial charge in [-0.2, -0.15) is 0 Å².